The monoisotopic (exact) mass is 184 g/mol. The molecule has 0 heterocycles. The molecule has 13 heavy (non-hydrogen) atoms. The highest BCUT2D eigenvalue weighted by molar-refractivity contribution is 5.74. The van der Waals surface area contributed by atoms with Crippen molar-refractivity contribution in [1.29, 1.82) is 0 Å². The van der Waals surface area contributed by atoms with Crippen LogP contribution in [0.2, 0.25) is 0 Å². The molecule has 0 saturated heterocycles. The summed E-state index contributed by atoms with van der Waals surface area (Å²) in [5.74, 6) is 0.0444. The highest BCUT2D eigenvalue weighted by Gasteiger charge is 2.34. The Hall–Kier alpha value is -0.530. The van der Waals surface area contributed by atoms with Gasteiger partial charge < -0.3 is 5.11 Å². The van der Waals surface area contributed by atoms with Gasteiger partial charge in [0.05, 0.1) is 5.41 Å². The zero-order valence-electron chi connectivity index (χ0n) is 8.68. The summed E-state index contributed by atoms with van der Waals surface area (Å²) < 4.78 is 0. The van der Waals surface area contributed by atoms with Gasteiger partial charge in [0.15, 0.2) is 0 Å². The van der Waals surface area contributed by atoms with Crippen LogP contribution < -0.4 is 0 Å². The maximum absolute atomic E-state index is 11.0. The van der Waals surface area contributed by atoms with Gasteiger partial charge in [-0.15, -0.1) is 0 Å². The summed E-state index contributed by atoms with van der Waals surface area (Å²) in [6.07, 6.45) is 6.69. The maximum Gasteiger partial charge on any atom is 0.309 e. The third-order valence-corrected chi connectivity index (χ3v) is 3.51. The molecule has 1 aliphatic rings. The van der Waals surface area contributed by atoms with Crippen molar-refractivity contribution < 1.29 is 9.90 Å². The van der Waals surface area contributed by atoms with Crippen LogP contribution >= 0.6 is 0 Å². The normalized spacial score (nSPS) is 22.9. The number of hydrogen-bond donors (Lipinski definition) is 1. The van der Waals surface area contributed by atoms with E-state index in [1.54, 1.807) is 0 Å². The number of carboxylic acids is 1. The highest BCUT2D eigenvalue weighted by Crippen LogP contribution is 2.37. The Labute approximate surface area is 80.3 Å². The summed E-state index contributed by atoms with van der Waals surface area (Å²) in [6, 6.07) is 0. The maximum atomic E-state index is 11.0. The van der Waals surface area contributed by atoms with Crippen molar-refractivity contribution in [3.05, 3.63) is 0 Å². The van der Waals surface area contributed by atoms with Crippen molar-refractivity contribution >= 4 is 5.97 Å². The van der Waals surface area contributed by atoms with E-state index in [2.05, 4.69) is 0 Å². The fourth-order valence-corrected chi connectivity index (χ4v) is 2.23. The molecule has 76 valence electrons. The van der Waals surface area contributed by atoms with E-state index in [1.165, 1.54) is 25.7 Å². The number of rotatable bonds is 4. The highest BCUT2D eigenvalue weighted by atomic mass is 16.4. The number of aliphatic carboxylic acids is 1. The summed E-state index contributed by atoms with van der Waals surface area (Å²) >= 11 is 0. The van der Waals surface area contributed by atoms with Crippen LogP contribution in [0.15, 0.2) is 0 Å². The SMILES string of the molecule is CCC(C)(CC1CCCC1)C(=O)O. The van der Waals surface area contributed by atoms with E-state index in [9.17, 15) is 4.79 Å². The molecule has 0 amide bonds. The molecule has 1 unspecified atom stereocenters. The summed E-state index contributed by atoms with van der Waals surface area (Å²) in [6.45, 7) is 3.86. The smallest absolute Gasteiger partial charge is 0.309 e. The van der Waals surface area contributed by atoms with Crippen molar-refractivity contribution in [3.8, 4) is 0 Å². The standard InChI is InChI=1S/C11H20O2/c1-3-11(2,10(12)13)8-9-6-4-5-7-9/h9H,3-8H2,1-2H3,(H,12,13). The van der Waals surface area contributed by atoms with Gasteiger partial charge in [-0.1, -0.05) is 32.6 Å². The van der Waals surface area contributed by atoms with E-state index in [-0.39, 0.29) is 0 Å². The van der Waals surface area contributed by atoms with Gasteiger partial charge in [-0.2, -0.15) is 0 Å². The van der Waals surface area contributed by atoms with Gasteiger partial charge >= 0.3 is 5.97 Å². The Balaban J connectivity index is 2.51. The van der Waals surface area contributed by atoms with Crippen LogP contribution in [0.1, 0.15) is 52.4 Å². The van der Waals surface area contributed by atoms with Crippen LogP contribution in [-0.2, 0) is 4.79 Å². The molecule has 0 aromatic rings. The molecule has 0 aromatic heterocycles. The Morgan fingerprint density at radius 3 is 2.38 bits per heavy atom. The second kappa shape index (κ2) is 4.12. The Morgan fingerprint density at radius 2 is 2.00 bits per heavy atom. The lowest BCUT2D eigenvalue weighted by atomic mass is 9.78. The Morgan fingerprint density at radius 1 is 1.46 bits per heavy atom. The molecule has 2 heteroatoms. The van der Waals surface area contributed by atoms with Crippen LogP contribution in [0.25, 0.3) is 0 Å². The van der Waals surface area contributed by atoms with E-state index in [1.807, 2.05) is 13.8 Å². The summed E-state index contributed by atoms with van der Waals surface area (Å²) in [5, 5.41) is 9.09. The van der Waals surface area contributed by atoms with Gasteiger partial charge in [-0.25, -0.2) is 0 Å². The zero-order valence-corrected chi connectivity index (χ0v) is 8.68. The zero-order chi connectivity index (χ0) is 9.90. The van der Waals surface area contributed by atoms with Gasteiger partial charge in [0.1, 0.15) is 0 Å². The second-order valence-corrected chi connectivity index (χ2v) is 4.57. The van der Waals surface area contributed by atoms with E-state index in [0.717, 1.165) is 12.8 Å². The molecule has 1 atom stereocenters. The minimum atomic E-state index is -0.623. The lowest BCUT2D eigenvalue weighted by molar-refractivity contribution is -0.149. The first-order valence-electron chi connectivity index (χ1n) is 5.32. The first-order valence-corrected chi connectivity index (χ1v) is 5.32. The lowest BCUT2D eigenvalue weighted by Gasteiger charge is -2.26. The second-order valence-electron chi connectivity index (χ2n) is 4.57. The number of carboxylic acid groups (broad SMARTS) is 1. The van der Waals surface area contributed by atoms with Crippen molar-refractivity contribution in [2.45, 2.75) is 52.4 Å². The van der Waals surface area contributed by atoms with Crippen LogP contribution in [0.5, 0.6) is 0 Å². The fraction of sp³-hybridized carbons (Fsp3) is 0.909. The van der Waals surface area contributed by atoms with Gasteiger partial charge in [-0.05, 0) is 25.7 Å². The number of hydrogen-bond acceptors (Lipinski definition) is 1. The molecule has 1 saturated carbocycles. The average Bonchev–Trinajstić information content (AvgIpc) is 2.56. The molecule has 0 radical (unpaired) electrons. The minimum Gasteiger partial charge on any atom is -0.481 e. The summed E-state index contributed by atoms with van der Waals surface area (Å²) in [5.41, 5.74) is -0.477. The van der Waals surface area contributed by atoms with E-state index in [0.29, 0.717) is 5.92 Å². The van der Waals surface area contributed by atoms with Crippen molar-refractivity contribution in [2.75, 3.05) is 0 Å². The van der Waals surface area contributed by atoms with E-state index < -0.39 is 11.4 Å². The molecule has 2 nitrogen and oxygen atoms in total. The molecule has 1 N–H and O–H groups in total. The predicted molar refractivity (Wildman–Crippen MR) is 52.6 cm³/mol. The summed E-state index contributed by atoms with van der Waals surface area (Å²) in [7, 11) is 0. The largest absolute Gasteiger partial charge is 0.481 e. The van der Waals surface area contributed by atoms with E-state index in [4.69, 9.17) is 5.11 Å². The van der Waals surface area contributed by atoms with Gasteiger partial charge in [0.2, 0.25) is 0 Å². The molecule has 0 aliphatic heterocycles. The van der Waals surface area contributed by atoms with Gasteiger partial charge in [-0.3, -0.25) is 4.79 Å². The molecule has 1 fully saturated rings. The molecule has 0 aromatic carbocycles. The van der Waals surface area contributed by atoms with Crippen molar-refractivity contribution in [1.82, 2.24) is 0 Å². The molecule has 0 spiro atoms. The predicted octanol–water partition coefficient (Wildman–Crippen LogP) is 3.07. The topological polar surface area (TPSA) is 37.3 Å². The lowest BCUT2D eigenvalue weighted by Crippen LogP contribution is -2.28. The van der Waals surface area contributed by atoms with Crippen LogP contribution in [0, 0.1) is 11.3 Å². The molecular formula is C11H20O2. The molecule has 0 bridgehead atoms. The third-order valence-electron chi connectivity index (χ3n) is 3.51. The average molecular weight is 184 g/mol. The minimum absolute atomic E-state index is 0.477. The van der Waals surface area contributed by atoms with Crippen LogP contribution in [0.3, 0.4) is 0 Å². The van der Waals surface area contributed by atoms with Gasteiger partial charge in [0.25, 0.3) is 0 Å². The summed E-state index contributed by atoms with van der Waals surface area (Å²) in [4.78, 5) is 11.0. The first kappa shape index (κ1) is 10.6. The van der Waals surface area contributed by atoms with Gasteiger partial charge in [0, 0.05) is 0 Å². The van der Waals surface area contributed by atoms with Crippen molar-refractivity contribution in [2.24, 2.45) is 11.3 Å². The quantitative estimate of drug-likeness (QED) is 0.729. The van der Waals surface area contributed by atoms with Crippen LogP contribution in [-0.4, -0.2) is 11.1 Å². The Kier molecular flexibility index (Phi) is 3.34. The molecular weight excluding hydrogens is 164 g/mol. The molecule has 1 rings (SSSR count). The first-order chi connectivity index (χ1) is 6.08. The van der Waals surface area contributed by atoms with Crippen LogP contribution in [0.4, 0.5) is 0 Å². The third kappa shape index (κ3) is 2.45. The number of carbonyl (C=O) groups is 1. The van der Waals surface area contributed by atoms with E-state index >= 15 is 0 Å². The molecule has 1 aliphatic carbocycles. The van der Waals surface area contributed by atoms with Crippen molar-refractivity contribution in [3.63, 3.8) is 0 Å². The Bertz CT molecular complexity index is 183. The fourth-order valence-electron chi connectivity index (χ4n) is 2.23.